The molecule has 1 heterocycles. The van der Waals surface area contributed by atoms with Crippen LogP contribution in [0.3, 0.4) is 0 Å². The number of aromatic nitrogens is 1. The molecule has 2 nitrogen and oxygen atoms in total. The van der Waals surface area contributed by atoms with Crippen molar-refractivity contribution < 1.29 is 0 Å². The first-order valence-corrected chi connectivity index (χ1v) is 6.10. The SMILES string of the molecule is CCCSc1ccc([C@@H](N)CC)nc1. The van der Waals surface area contributed by atoms with Gasteiger partial charge in [-0.05, 0) is 30.7 Å². The summed E-state index contributed by atoms with van der Waals surface area (Å²) in [5, 5.41) is 0. The molecule has 78 valence electrons. The lowest BCUT2D eigenvalue weighted by molar-refractivity contribution is 0.674. The zero-order chi connectivity index (χ0) is 10.4. The number of hydrogen-bond donors (Lipinski definition) is 1. The predicted octanol–water partition coefficient (Wildman–Crippen LogP) is 2.99. The third kappa shape index (κ3) is 3.31. The van der Waals surface area contributed by atoms with E-state index in [-0.39, 0.29) is 6.04 Å². The van der Waals surface area contributed by atoms with E-state index in [0.717, 1.165) is 17.9 Å². The van der Waals surface area contributed by atoms with Gasteiger partial charge in [0.2, 0.25) is 0 Å². The van der Waals surface area contributed by atoms with E-state index in [1.165, 1.54) is 11.3 Å². The van der Waals surface area contributed by atoms with E-state index >= 15 is 0 Å². The van der Waals surface area contributed by atoms with Crippen molar-refractivity contribution in [1.29, 1.82) is 0 Å². The van der Waals surface area contributed by atoms with E-state index < -0.39 is 0 Å². The molecule has 0 amide bonds. The summed E-state index contributed by atoms with van der Waals surface area (Å²) in [5.41, 5.74) is 6.87. The lowest BCUT2D eigenvalue weighted by Crippen LogP contribution is -2.10. The lowest BCUT2D eigenvalue weighted by Gasteiger charge is -2.08. The number of nitrogens with zero attached hydrogens (tertiary/aromatic N) is 1. The second-order valence-corrected chi connectivity index (χ2v) is 4.45. The monoisotopic (exact) mass is 210 g/mol. The highest BCUT2D eigenvalue weighted by Crippen LogP contribution is 2.19. The lowest BCUT2D eigenvalue weighted by atomic mass is 10.1. The summed E-state index contributed by atoms with van der Waals surface area (Å²) in [5.74, 6) is 1.15. The first kappa shape index (κ1) is 11.5. The van der Waals surface area contributed by atoms with Gasteiger partial charge in [0.1, 0.15) is 0 Å². The number of rotatable bonds is 5. The Morgan fingerprint density at radius 2 is 2.21 bits per heavy atom. The minimum atomic E-state index is 0.0835. The zero-order valence-electron chi connectivity index (χ0n) is 8.86. The molecule has 0 saturated heterocycles. The Balaban J connectivity index is 2.59. The van der Waals surface area contributed by atoms with Crippen LogP contribution in [0.25, 0.3) is 0 Å². The average molecular weight is 210 g/mol. The van der Waals surface area contributed by atoms with Crippen LogP contribution in [0.4, 0.5) is 0 Å². The highest BCUT2D eigenvalue weighted by atomic mass is 32.2. The van der Waals surface area contributed by atoms with Crippen molar-refractivity contribution in [1.82, 2.24) is 4.98 Å². The van der Waals surface area contributed by atoms with Gasteiger partial charge in [-0.2, -0.15) is 0 Å². The summed E-state index contributed by atoms with van der Waals surface area (Å²) in [7, 11) is 0. The molecular weight excluding hydrogens is 192 g/mol. The van der Waals surface area contributed by atoms with Gasteiger partial charge in [-0.25, -0.2) is 0 Å². The Morgan fingerprint density at radius 3 is 2.71 bits per heavy atom. The van der Waals surface area contributed by atoms with Crippen LogP contribution >= 0.6 is 11.8 Å². The van der Waals surface area contributed by atoms with Crippen LogP contribution in [0, 0.1) is 0 Å². The van der Waals surface area contributed by atoms with E-state index in [1.54, 1.807) is 0 Å². The van der Waals surface area contributed by atoms with Crippen molar-refractivity contribution in [2.75, 3.05) is 5.75 Å². The maximum absolute atomic E-state index is 5.88. The van der Waals surface area contributed by atoms with E-state index in [1.807, 2.05) is 24.0 Å². The third-order valence-electron chi connectivity index (χ3n) is 2.05. The highest BCUT2D eigenvalue weighted by Gasteiger charge is 2.03. The summed E-state index contributed by atoms with van der Waals surface area (Å²) in [6, 6.07) is 4.23. The molecule has 0 aromatic carbocycles. The second-order valence-electron chi connectivity index (χ2n) is 3.28. The standard InChI is InChI=1S/C11H18N2S/c1-3-7-14-9-5-6-11(13-8-9)10(12)4-2/h5-6,8,10H,3-4,7,12H2,1-2H3/t10-/m0/s1. The van der Waals surface area contributed by atoms with Gasteiger partial charge in [0, 0.05) is 17.1 Å². The predicted molar refractivity (Wildman–Crippen MR) is 62.5 cm³/mol. The van der Waals surface area contributed by atoms with Crippen LogP contribution in [0.15, 0.2) is 23.2 Å². The molecule has 1 aromatic heterocycles. The number of pyridine rings is 1. The smallest absolute Gasteiger partial charge is 0.0571 e. The number of thioether (sulfide) groups is 1. The maximum Gasteiger partial charge on any atom is 0.0571 e. The van der Waals surface area contributed by atoms with E-state index in [2.05, 4.69) is 24.9 Å². The fraction of sp³-hybridized carbons (Fsp3) is 0.545. The Kier molecular flexibility index (Phi) is 4.98. The minimum Gasteiger partial charge on any atom is -0.323 e. The number of hydrogen-bond acceptors (Lipinski definition) is 3. The molecule has 0 aliphatic heterocycles. The van der Waals surface area contributed by atoms with Crippen molar-refractivity contribution in [3.63, 3.8) is 0 Å². The fourth-order valence-corrected chi connectivity index (χ4v) is 1.86. The van der Waals surface area contributed by atoms with Crippen molar-refractivity contribution in [2.24, 2.45) is 5.73 Å². The molecule has 0 unspecified atom stereocenters. The van der Waals surface area contributed by atoms with Gasteiger partial charge >= 0.3 is 0 Å². The van der Waals surface area contributed by atoms with E-state index in [9.17, 15) is 0 Å². The fourth-order valence-electron chi connectivity index (χ4n) is 1.13. The largest absolute Gasteiger partial charge is 0.323 e. The summed E-state index contributed by atoms with van der Waals surface area (Å²) < 4.78 is 0. The number of nitrogens with two attached hydrogens (primary N) is 1. The molecule has 1 rings (SSSR count). The van der Waals surface area contributed by atoms with Crippen LogP contribution in [0.5, 0.6) is 0 Å². The first-order chi connectivity index (χ1) is 6.77. The van der Waals surface area contributed by atoms with Crippen molar-refractivity contribution >= 4 is 11.8 Å². The second kappa shape index (κ2) is 6.04. The Morgan fingerprint density at radius 1 is 1.43 bits per heavy atom. The van der Waals surface area contributed by atoms with E-state index in [4.69, 9.17) is 5.73 Å². The minimum absolute atomic E-state index is 0.0835. The molecule has 0 aliphatic carbocycles. The molecule has 0 saturated carbocycles. The first-order valence-electron chi connectivity index (χ1n) is 5.12. The molecule has 0 radical (unpaired) electrons. The van der Waals surface area contributed by atoms with Gasteiger partial charge in [-0.1, -0.05) is 13.8 Å². The van der Waals surface area contributed by atoms with Gasteiger partial charge in [0.15, 0.2) is 0 Å². The van der Waals surface area contributed by atoms with Gasteiger partial charge in [-0.15, -0.1) is 11.8 Å². The van der Waals surface area contributed by atoms with Crippen molar-refractivity contribution in [2.45, 2.75) is 37.6 Å². The molecule has 0 aliphatic rings. The van der Waals surface area contributed by atoms with Crippen LogP contribution < -0.4 is 5.73 Å². The molecular formula is C11H18N2S. The van der Waals surface area contributed by atoms with Gasteiger partial charge in [0.25, 0.3) is 0 Å². The Hall–Kier alpha value is -0.540. The van der Waals surface area contributed by atoms with Crippen LogP contribution in [0.1, 0.15) is 38.4 Å². The summed E-state index contributed by atoms with van der Waals surface area (Å²) >= 11 is 1.85. The molecule has 0 spiro atoms. The normalized spacial score (nSPS) is 12.8. The molecule has 14 heavy (non-hydrogen) atoms. The van der Waals surface area contributed by atoms with Crippen LogP contribution in [-0.4, -0.2) is 10.7 Å². The van der Waals surface area contributed by atoms with E-state index in [0.29, 0.717) is 0 Å². The van der Waals surface area contributed by atoms with Gasteiger partial charge < -0.3 is 5.73 Å². The Bertz CT molecular complexity index is 258. The maximum atomic E-state index is 5.88. The topological polar surface area (TPSA) is 38.9 Å². The molecule has 0 bridgehead atoms. The van der Waals surface area contributed by atoms with Crippen LogP contribution in [-0.2, 0) is 0 Å². The van der Waals surface area contributed by atoms with Gasteiger partial charge in [-0.3, -0.25) is 4.98 Å². The quantitative estimate of drug-likeness (QED) is 0.759. The highest BCUT2D eigenvalue weighted by molar-refractivity contribution is 7.99. The van der Waals surface area contributed by atoms with Gasteiger partial charge in [0.05, 0.1) is 5.69 Å². The molecule has 1 atom stereocenters. The summed E-state index contributed by atoms with van der Waals surface area (Å²) in [4.78, 5) is 5.59. The molecule has 2 N–H and O–H groups in total. The van der Waals surface area contributed by atoms with Crippen molar-refractivity contribution in [3.05, 3.63) is 24.0 Å². The zero-order valence-corrected chi connectivity index (χ0v) is 9.68. The summed E-state index contributed by atoms with van der Waals surface area (Å²) in [6.07, 6.45) is 4.06. The molecule has 3 heteroatoms. The van der Waals surface area contributed by atoms with Crippen LogP contribution in [0.2, 0.25) is 0 Å². The van der Waals surface area contributed by atoms with Crippen molar-refractivity contribution in [3.8, 4) is 0 Å². The average Bonchev–Trinajstić information content (AvgIpc) is 2.26. The Labute approximate surface area is 90.3 Å². The summed E-state index contributed by atoms with van der Waals surface area (Å²) in [6.45, 7) is 4.26. The molecule has 0 fully saturated rings. The molecule has 1 aromatic rings. The third-order valence-corrected chi connectivity index (χ3v) is 3.24.